The first-order valence-corrected chi connectivity index (χ1v) is 5.32. The van der Waals surface area contributed by atoms with Crippen LogP contribution in [-0.2, 0) is 0 Å². The van der Waals surface area contributed by atoms with Crippen molar-refractivity contribution in [2.45, 2.75) is 25.8 Å². The van der Waals surface area contributed by atoms with Gasteiger partial charge in [-0.2, -0.15) is 0 Å². The molecule has 1 aromatic heterocycles. The fraction of sp³-hybridized carbons (Fsp3) is 0.455. The summed E-state index contributed by atoms with van der Waals surface area (Å²) in [6.45, 7) is 2.14. The van der Waals surface area contributed by atoms with Gasteiger partial charge in [-0.3, -0.25) is 0 Å². The normalized spacial score (nSPS) is 12.4. The smallest absolute Gasteiger partial charge is 0.0424 e. The molecule has 0 fully saturated rings. The molecular formula is C11H15NS. The molecule has 0 aliphatic heterocycles. The predicted octanol–water partition coefficient (Wildman–Crippen LogP) is 2.73. The molecule has 1 aromatic rings. The molecular weight excluding hydrogens is 178 g/mol. The molecule has 0 bridgehead atoms. The van der Waals surface area contributed by atoms with Crippen molar-refractivity contribution in [1.82, 2.24) is 5.32 Å². The van der Waals surface area contributed by atoms with Crippen molar-refractivity contribution in [2.24, 2.45) is 0 Å². The average molecular weight is 193 g/mol. The van der Waals surface area contributed by atoms with Gasteiger partial charge in [0.25, 0.3) is 0 Å². The minimum absolute atomic E-state index is 0.427. The molecule has 1 N–H and O–H groups in total. The van der Waals surface area contributed by atoms with Crippen LogP contribution in [0.3, 0.4) is 0 Å². The van der Waals surface area contributed by atoms with Gasteiger partial charge in [-0.25, -0.2) is 0 Å². The van der Waals surface area contributed by atoms with E-state index >= 15 is 0 Å². The second kappa shape index (κ2) is 5.06. The van der Waals surface area contributed by atoms with Gasteiger partial charge < -0.3 is 5.32 Å². The predicted molar refractivity (Wildman–Crippen MR) is 58.9 cm³/mol. The third kappa shape index (κ3) is 2.58. The highest BCUT2D eigenvalue weighted by Gasteiger charge is 2.11. The molecule has 0 saturated carbocycles. The maximum atomic E-state index is 5.25. The molecule has 70 valence electrons. The van der Waals surface area contributed by atoms with E-state index in [-0.39, 0.29) is 0 Å². The summed E-state index contributed by atoms with van der Waals surface area (Å²) in [6.07, 6.45) is 7.11. The van der Waals surface area contributed by atoms with E-state index in [2.05, 4.69) is 29.6 Å². The van der Waals surface area contributed by atoms with E-state index in [1.54, 1.807) is 11.3 Å². The molecule has 0 spiro atoms. The maximum Gasteiger partial charge on any atom is 0.0424 e. The van der Waals surface area contributed by atoms with Crippen LogP contribution < -0.4 is 5.32 Å². The Hall–Kier alpha value is -0.780. The molecule has 0 radical (unpaired) electrons. The van der Waals surface area contributed by atoms with Crippen LogP contribution in [-0.4, -0.2) is 7.05 Å². The molecule has 0 aliphatic rings. The molecule has 1 rings (SSSR count). The first kappa shape index (κ1) is 10.3. The van der Waals surface area contributed by atoms with Crippen molar-refractivity contribution >= 4 is 11.3 Å². The summed E-state index contributed by atoms with van der Waals surface area (Å²) in [5.41, 5.74) is 1.36. The third-order valence-corrected chi connectivity index (χ3v) is 3.28. The lowest BCUT2D eigenvalue weighted by Crippen LogP contribution is -2.15. The van der Waals surface area contributed by atoms with Crippen LogP contribution in [0.25, 0.3) is 0 Å². The van der Waals surface area contributed by atoms with Crippen molar-refractivity contribution in [1.29, 1.82) is 0 Å². The van der Waals surface area contributed by atoms with E-state index in [4.69, 9.17) is 6.42 Å². The van der Waals surface area contributed by atoms with E-state index in [1.807, 2.05) is 7.05 Å². The van der Waals surface area contributed by atoms with Gasteiger partial charge in [-0.15, -0.1) is 23.7 Å². The number of nitrogens with one attached hydrogen (secondary N) is 1. The highest BCUT2D eigenvalue weighted by Crippen LogP contribution is 2.26. The summed E-state index contributed by atoms with van der Waals surface area (Å²) < 4.78 is 0. The zero-order valence-electron chi connectivity index (χ0n) is 8.13. The van der Waals surface area contributed by atoms with Crippen LogP contribution in [0, 0.1) is 19.3 Å². The fourth-order valence-electron chi connectivity index (χ4n) is 1.38. The number of hydrogen-bond donors (Lipinski definition) is 1. The van der Waals surface area contributed by atoms with Crippen molar-refractivity contribution < 1.29 is 0 Å². The molecule has 0 amide bonds. The molecule has 0 aliphatic carbocycles. The Morgan fingerprint density at radius 2 is 2.46 bits per heavy atom. The van der Waals surface area contributed by atoms with Crippen LogP contribution in [0.1, 0.15) is 29.3 Å². The Morgan fingerprint density at radius 1 is 1.69 bits per heavy atom. The van der Waals surface area contributed by atoms with Crippen molar-refractivity contribution in [3.8, 4) is 12.3 Å². The lowest BCUT2D eigenvalue weighted by Gasteiger charge is -2.13. The highest BCUT2D eigenvalue weighted by atomic mass is 32.1. The van der Waals surface area contributed by atoms with Gasteiger partial charge in [0.2, 0.25) is 0 Å². The molecule has 2 heteroatoms. The largest absolute Gasteiger partial charge is 0.312 e. The topological polar surface area (TPSA) is 12.0 Å². The van der Waals surface area contributed by atoms with E-state index in [9.17, 15) is 0 Å². The number of hydrogen-bond acceptors (Lipinski definition) is 2. The summed E-state index contributed by atoms with van der Waals surface area (Å²) >= 11 is 1.80. The Balaban J connectivity index is 2.68. The quantitative estimate of drug-likeness (QED) is 0.725. The lowest BCUT2D eigenvalue weighted by atomic mass is 10.1. The number of thiophene rings is 1. The molecule has 1 nitrogen and oxygen atoms in total. The lowest BCUT2D eigenvalue weighted by molar-refractivity contribution is 0.565. The molecule has 1 heterocycles. The Kier molecular flexibility index (Phi) is 4.01. The monoisotopic (exact) mass is 193 g/mol. The number of rotatable bonds is 4. The van der Waals surface area contributed by atoms with E-state index in [0.29, 0.717) is 6.04 Å². The van der Waals surface area contributed by atoms with Crippen LogP contribution >= 0.6 is 11.3 Å². The maximum absolute atomic E-state index is 5.25. The molecule has 1 atom stereocenters. The van der Waals surface area contributed by atoms with E-state index < -0.39 is 0 Å². The first-order chi connectivity index (χ1) is 6.29. The third-order valence-electron chi connectivity index (χ3n) is 2.14. The SMILES string of the molecule is C#CCCC(NC)c1sccc1C. The summed E-state index contributed by atoms with van der Waals surface area (Å²) in [6, 6.07) is 2.58. The summed E-state index contributed by atoms with van der Waals surface area (Å²) in [7, 11) is 1.99. The van der Waals surface area contributed by atoms with Crippen molar-refractivity contribution in [2.75, 3.05) is 7.05 Å². The van der Waals surface area contributed by atoms with Gasteiger partial charge in [0.15, 0.2) is 0 Å². The van der Waals surface area contributed by atoms with E-state index in [0.717, 1.165) is 12.8 Å². The standard InChI is InChI=1S/C11H15NS/c1-4-5-6-10(12-3)11-9(2)7-8-13-11/h1,7-8,10,12H,5-6H2,2-3H3. The fourth-order valence-corrected chi connectivity index (χ4v) is 2.45. The summed E-state index contributed by atoms with van der Waals surface area (Å²) in [5, 5.41) is 5.42. The summed E-state index contributed by atoms with van der Waals surface area (Å²) in [4.78, 5) is 1.41. The second-order valence-corrected chi connectivity index (χ2v) is 4.00. The van der Waals surface area contributed by atoms with Crippen LogP contribution in [0.5, 0.6) is 0 Å². The van der Waals surface area contributed by atoms with Crippen LogP contribution in [0.4, 0.5) is 0 Å². The van der Waals surface area contributed by atoms with Gasteiger partial charge >= 0.3 is 0 Å². The van der Waals surface area contributed by atoms with Gasteiger partial charge in [-0.1, -0.05) is 0 Å². The minimum atomic E-state index is 0.427. The highest BCUT2D eigenvalue weighted by molar-refractivity contribution is 7.10. The summed E-state index contributed by atoms with van der Waals surface area (Å²) in [5.74, 6) is 2.68. The van der Waals surface area contributed by atoms with Gasteiger partial charge in [0, 0.05) is 17.3 Å². The Labute approximate surface area is 84.2 Å². The zero-order valence-corrected chi connectivity index (χ0v) is 8.95. The van der Waals surface area contributed by atoms with Gasteiger partial charge in [0.05, 0.1) is 0 Å². The second-order valence-electron chi connectivity index (χ2n) is 3.05. The average Bonchev–Trinajstić information content (AvgIpc) is 2.54. The van der Waals surface area contributed by atoms with Crippen molar-refractivity contribution in [3.05, 3.63) is 21.9 Å². The van der Waals surface area contributed by atoms with E-state index in [1.165, 1.54) is 10.4 Å². The van der Waals surface area contributed by atoms with Crippen molar-refractivity contribution in [3.63, 3.8) is 0 Å². The van der Waals surface area contributed by atoms with Gasteiger partial charge in [0.1, 0.15) is 0 Å². The van der Waals surface area contributed by atoms with Crippen LogP contribution in [0.2, 0.25) is 0 Å². The van der Waals surface area contributed by atoms with Crippen LogP contribution in [0.15, 0.2) is 11.4 Å². The Bertz CT molecular complexity index is 295. The minimum Gasteiger partial charge on any atom is -0.312 e. The molecule has 0 saturated heterocycles. The van der Waals surface area contributed by atoms with Gasteiger partial charge in [-0.05, 0) is 37.4 Å². The Morgan fingerprint density at radius 3 is 2.92 bits per heavy atom. The first-order valence-electron chi connectivity index (χ1n) is 4.44. The zero-order chi connectivity index (χ0) is 9.68. The molecule has 13 heavy (non-hydrogen) atoms. The number of aryl methyl sites for hydroxylation is 1. The number of terminal acetylenes is 1. The molecule has 1 unspecified atom stereocenters. The molecule has 0 aromatic carbocycles.